The molecule has 1 saturated heterocycles. The van der Waals surface area contributed by atoms with Gasteiger partial charge in [-0.3, -0.25) is 9.48 Å². The number of aromatic nitrogens is 4. The zero-order valence-electron chi connectivity index (χ0n) is 20.1. The van der Waals surface area contributed by atoms with Crippen LogP contribution in [-0.2, 0) is 27.9 Å². The first-order chi connectivity index (χ1) is 18.3. The lowest BCUT2D eigenvalue weighted by atomic mass is 10.1. The van der Waals surface area contributed by atoms with E-state index in [4.69, 9.17) is 18.7 Å². The van der Waals surface area contributed by atoms with E-state index in [0.717, 1.165) is 6.08 Å². The highest BCUT2D eigenvalue weighted by Crippen LogP contribution is 2.28. The second kappa shape index (κ2) is 10.7. The Balaban J connectivity index is 1.27. The summed E-state index contributed by atoms with van der Waals surface area (Å²) in [5, 5.41) is 13.6. The molecule has 5 rings (SSSR count). The molecule has 2 aromatic heterocycles. The van der Waals surface area contributed by atoms with Gasteiger partial charge in [-0.15, -0.1) is 0 Å². The largest absolute Gasteiger partial charge is 0.473 e. The number of hydrogen-bond acceptors (Lipinski definition) is 9. The zero-order chi connectivity index (χ0) is 26.7. The molecule has 3 aromatic rings. The van der Waals surface area contributed by atoms with Gasteiger partial charge in [0.25, 0.3) is 11.8 Å². The van der Waals surface area contributed by atoms with Gasteiger partial charge < -0.3 is 29.4 Å². The smallest absolute Gasteiger partial charge is 0.414 e. The Hall–Kier alpha value is -4.17. The van der Waals surface area contributed by atoms with Crippen LogP contribution in [0.25, 0.3) is 22.8 Å². The molecule has 0 bridgehead atoms. The predicted octanol–water partition coefficient (Wildman–Crippen LogP) is 2.69. The van der Waals surface area contributed by atoms with Crippen molar-refractivity contribution in [1.29, 1.82) is 0 Å². The number of aryl methyl sites for hydroxylation is 1. The maximum Gasteiger partial charge on any atom is 0.414 e. The highest BCUT2D eigenvalue weighted by molar-refractivity contribution is 5.95. The lowest BCUT2D eigenvalue weighted by Gasteiger charge is -2.19. The summed E-state index contributed by atoms with van der Waals surface area (Å²) in [5.74, 6) is 0.318. The maximum atomic E-state index is 12.8. The summed E-state index contributed by atoms with van der Waals surface area (Å²) in [4.78, 5) is 17.0. The second-order valence-corrected chi connectivity index (χ2v) is 8.38. The van der Waals surface area contributed by atoms with Gasteiger partial charge in [0, 0.05) is 24.7 Å². The number of carbonyl (C=O) groups excluding carboxylic acids is 1. The molecule has 1 aromatic carbocycles. The molecule has 200 valence electrons. The van der Waals surface area contributed by atoms with Gasteiger partial charge in [-0.1, -0.05) is 17.3 Å². The van der Waals surface area contributed by atoms with E-state index >= 15 is 0 Å². The maximum absolute atomic E-state index is 12.8. The Labute approximate surface area is 214 Å². The summed E-state index contributed by atoms with van der Waals surface area (Å²) in [7, 11) is 1.69. The molecule has 2 N–H and O–H groups in total. The second-order valence-electron chi connectivity index (χ2n) is 8.38. The van der Waals surface area contributed by atoms with E-state index in [2.05, 4.69) is 25.9 Å². The molecule has 11 nitrogen and oxygen atoms in total. The van der Waals surface area contributed by atoms with E-state index in [1.165, 1.54) is 12.3 Å². The van der Waals surface area contributed by atoms with Crippen LogP contribution in [0.1, 0.15) is 16.1 Å². The van der Waals surface area contributed by atoms with Crippen molar-refractivity contribution < 1.29 is 36.7 Å². The summed E-state index contributed by atoms with van der Waals surface area (Å²) in [6.45, 7) is 0.820. The molecule has 14 heteroatoms. The number of alkyl halides is 3. The van der Waals surface area contributed by atoms with E-state index in [0.29, 0.717) is 35.6 Å². The first-order valence-corrected chi connectivity index (χ1v) is 11.6. The number of hydrogen-bond donors (Lipinski definition) is 2. The number of nitrogens with one attached hydrogen (secondary N) is 2. The number of carbonyl (C=O) groups is 1. The minimum Gasteiger partial charge on any atom is -0.473 e. The van der Waals surface area contributed by atoms with Crippen LogP contribution < -0.4 is 10.6 Å². The lowest BCUT2D eigenvalue weighted by molar-refractivity contribution is -0.0933. The van der Waals surface area contributed by atoms with E-state index in [-0.39, 0.29) is 43.2 Å². The minimum absolute atomic E-state index is 0.0123. The molecule has 0 saturated carbocycles. The normalized spacial score (nSPS) is 16.1. The van der Waals surface area contributed by atoms with Crippen molar-refractivity contribution in [3.63, 3.8) is 0 Å². The molecule has 1 amide bonds. The first kappa shape index (κ1) is 25.5. The number of rotatable bonds is 8. The van der Waals surface area contributed by atoms with E-state index in [1.54, 1.807) is 36.0 Å². The van der Waals surface area contributed by atoms with Crippen molar-refractivity contribution in [3.05, 3.63) is 65.3 Å². The molecule has 0 spiro atoms. The minimum atomic E-state index is -4.40. The van der Waals surface area contributed by atoms with Gasteiger partial charge in [0.15, 0.2) is 12.2 Å². The van der Waals surface area contributed by atoms with Gasteiger partial charge in [-0.05, 0) is 24.3 Å². The number of halogens is 3. The van der Waals surface area contributed by atoms with Crippen LogP contribution in [0.5, 0.6) is 0 Å². The third-order valence-corrected chi connectivity index (χ3v) is 5.84. The van der Waals surface area contributed by atoms with Crippen molar-refractivity contribution in [2.75, 3.05) is 26.3 Å². The van der Waals surface area contributed by atoms with Crippen LogP contribution in [0.2, 0.25) is 0 Å². The van der Waals surface area contributed by atoms with Crippen molar-refractivity contribution >= 4 is 5.91 Å². The van der Waals surface area contributed by atoms with E-state index in [1.807, 2.05) is 0 Å². The van der Waals surface area contributed by atoms with Crippen LogP contribution in [0, 0.1) is 0 Å². The number of nitrogens with zero attached hydrogens (tertiary/aromatic N) is 4. The topological polar surface area (TPSA) is 126 Å². The summed E-state index contributed by atoms with van der Waals surface area (Å²) in [5.41, 5.74) is 1.34. The Morgan fingerprint density at radius 3 is 2.82 bits per heavy atom. The quantitative estimate of drug-likeness (QED) is 0.450. The third-order valence-electron chi connectivity index (χ3n) is 5.84. The monoisotopic (exact) mass is 532 g/mol. The summed E-state index contributed by atoms with van der Waals surface area (Å²) < 4.78 is 61.7. The predicted molar refractivity (Wildman–Crippen MR) is 125 cm³/mol. The molecule has 2 aliphatic rings. The number of ether oxygens (including phenoxy) is 3. The molecule has 0 atom stereocenters. The van der Waals surface area contributed by atoms with Gasteiger partial charge >= 0.3 is 6.18 Å². The van der Waals surface area contributed by atoms with Gasteiger partial charge in [0.1, 0.15) is 6.61 Å². The third kappa shape index (κ3) is 5.70. The molecule has 2 aliphatic heterocycles. The highest BCUT2D eigenvalue weighted by atomic mass is 19.4. The lowest BCUT2D eigenvalue weighted by Crippen LogP contribution is -2.32. The van der Waals surface area contributed by atoms with Gasteiger partial charge in [0.2, 0.25) is 5.82 Å². The fourth-order valence-corrected chi connectivity index (χ4v) is 3.78. The fraction of sp³-hybridized carbons (Fsp3) is 0.333. The summed E-state index contributed by atoms with van der Waals surface area (Å²) >= 11 is 0. The molecule has 0 unspecified atom stereocenters. The number of amides is 1. The number of benzene rings is 1. The van der Waals surface area contributed by atoms with Crippen molar-refractivity contribution in [2.24, 2.45) is 7.05 Å². The van der Waals surface area contributed by atoms with Crippen LogP contribution in [0.3, 0.4) is 0 Å². The Kier molecular flexibility index (Phi) is 7.15. The molecule has 0 radical (unpaired) electrons. The molecule has 38 heavy (non-hydrogen) atoms. The number of dihydropyridines is 1. The first-order valence-electron chi connectivity index (χ1n) is 11.6. The van der Waals surface area contributed by atoms with Gasteiger partial charge in [-0.25, -0.2) is 0 Å². The average Bonchev–Trinajstić information content (AvgIpc) is 3.67. The fourth-order valence-electron chi connectivity index (χ4n) is 3.78. The molecule has 4 heterocycles. The van der Waals surface area contributed by atoms with Crippen molar-refractivity contribution in [3.8, 4) is 22.8 Å². The Morgan fingerprint density at radius 1 is 1.26 bits per heavy atom. The summed E-state index contributed by atoms with van der Waals surface area (Å²) in [6.07, 6.45) is -1.13. The van der Waals surface area contributed by atoms with Crippen LogP contribution >= 0.6 is 0 Å². The zero-order valence-corrected chi connectivity index (χ0v) is 20.1. The SMILES string of the molecule is Cn1ncc(-c2nc(-c3cccc(C(=O)NCC4OCCO4)c3)no2)c1COC1=CC=C(C(F)(F)F)CN1. The van der Waals surface area contributed by atoms with Gasteiger partial charge in [-0.2, -0.15) is 23.3 Å². The van der Waals surface area contributed by atoms with E-state index < -0.39 is 18.0 Å². The van der Waals surface area contributed by atoms with Crippen LogP contribution in [0.4, 0.5) is 13.2 Å². The van der Waals surface area contributed by atoms with Crippen molar-refractivity contribution in [2.45, 2.75) is 19.1 Å². The summed E-state index contributed by atoms with van der Waals surface area (Å²) in [6, 6.07) is 6.74. The van der Waals surface area contributed by atoms with Crippen LogP contribution in [-0.4, -0.2) is 64.6 Å². The Morgan fingerprint density at radius 2 is 2.08 bits per heavy atom. The molecule has 0 aliphatic carbocycles. The molecule has 1 fully saturated rings. The highest BCUT2D eigenvalue weighted by Gasteiger charge is 2.34. The average molecular weight is 532 g/mol. The van der Waals surface area contributed by atoms with Gasteiger partial charge in [0.05, 0.1) is 42.8 Å². The number of allylic oxidation sites excluding steroid dienone is 2. The van der Waals surface area contributed by atoms with Crippen molar-refractivity contribution in [1.82, 2.24) is 30.6 Å². The molecular weight excluding hydrogens is 509 g/mol. The Bertz CT molecular complexity index is 1370. The standard InChI is InChI=1S/C24H23F3N6O5/c1-33-18(13-37-19-6-5-16(10-28-19)24(25,26)27)17(11-30-33)23-31-21(32-38-23)14-3-2-4-15(9-14)22(34)29-12-20-35-7-8-36-20/h2-6,9,11,20,28H,7-8,10,12-13H2,1H3,(H,29,34). The van der Waals surface area contributed by atoms with E-state index in [9.17, 15) is 18.0 Å². The molecular formula is C24H23F3N6O5. The van der Waals surface area contributed by atoms with Crippen LogP contribution in [0.15, 0.2) is 58.6 Å².